The van der Waals surface area contributed by atoms with Crippen LogP contribution in [-0.2, 0) is 9.59 Å². The summed E-state index contributed by atoms with van der Waals surface area (Å²) in [5.41, 5.74) is 1.05. The van der Waals surface area contributed by atoms with Crippen LogP contribution in [0, 0.1) is 0 Å². The molecule has 0 bridgehead atoms. The fraction of sp³-hybridized carbons (Fsp3) is 0.0526. The van der Waals surface area contributed by atoms with Gasteiger partial charge in [0.2, 0.25) is 10.9 Å². The number of aliphatic hydroxyl groups is 1. The molecule has 120 valence electrons. The molecule has 0 aliphatic carbocycles. The minimum atomic E-state index is -0.456. The molecule has 1 fully saturated rings. The van der Waals surface area contributed by atoms with Gasteiger partial charge in [0.05, 0.1) is 12.0 Å². The van der Waals surface area contributed by atoms with E-state index in [0.717, 1.165) is 17.3 Å². The van der Waals surface area contributed by atoms with Crippen LogP contribution in [-0.4, -0.2) is 23.1 Å². The average molecular weight is 338 g/mol. The van der Waals surface area contributed by atoms with Crippen molar-refractivity contribution in [3.63, 3.8) is 0 Å². The van der Waals surface area contributed by atoms with Crippen molar-refractivity contribution in [2.24, 2.45) is 0 Å². The maximum Gasteiger partial charge on any atom is 0.232 e. The lowest BCUT2D eigenvalue weighted by Crippen LogP contribution is -2.04. The van der Waals surface area contributed by atoms with E-state index in [4.69, 9.17) is 4.74 Å². The van der Waals surface area contributed by atoms with E-state index in [1.54, 1.807) is 67.8 Å². The van der Waals surface area contributed by atoms with E-state index in [2.05, 4.69) is 0 Å². The molecule has 1 aliphatic rings. The first kappa shape index (κ1) is 16.1. The van der Waals surface area contributed by atoms with Crippen molar-refractivity contribution in [2.75, 3.05) is 7.11 Å². The number of ether oxygens (including phenoxy) is 1. The van der Waals surface area contributed by atoms with Gasteiger partial charge in [-0.25, -0.2) is 0 Å². The van der Waals surface area contributed by atoms with Gasteiger partial charge in [-0.3, -0.25) is 9.59 Å². The Bertz CT molecular complexity index is 849. The highest BCUT2D eigenvalue weighted by Crippen LogP contribution is 2.37. The number of Topliss-reactive ketones (excluding diaryl/α,β-unsaturated/α-hetero) is 1. The van der Waals surface area contributed by atoms with Crippen LogP contribution in [0.4, 0.5) is 0 Å². The number of methoxy groups -OCH3 is 1. The molecule has 2 aromatic rings. The van der Waals surface area contributed by atoms with E-state index in [-0.39, 0.29) is 11.3 Å². The summed E-state index contributed by atoms with van der Waals surface area (Å²) in [6, 6.07) is 15.7. The number of ketones is 1. The number of rotatable bonds is 3. The molecule has 0 unspecified atom stereocenters. The molecule has 24 heavy (non-hydrogen) atoms. The van der Waals surface area contributed by atoms with Crippen LogP contribution in [0.15, 0.2) is 65.1 Å². The first-order valence-electron chi connectivity index (χ1n) is 7.21. The molecule has 1 aliphatic heterocycles. The number of hydrogen-bond acceptors (Lipinski definition) is 5. The molecule has 0 atom stereocenters. The molecular weight excluding hydrogens is 324 g/mol. The summed E-state index contributed by atoms with van der Waals surface area (Å²) in [5, 5.41) is 9.85. The Hall–Kier alpha value is -2.79. The lowest BCUT2D eigenvalue weighted by Gasteiger charge is -2.02. The van der Waals surface area contributed by atoms with Crippen molar-refractivity contribution in [3.05, 3.63) is 76.2 Å². The van der Waals surface area contributed by atoms with Crippen molar-refractivity contribution in [3.8, 4) is 5.75 Å². The largest absolute Gasteiger partial charge is 0.506 e. The van der Waals surface area contributed by atoms with Crippen LogP contribution in [0.2, 0.25) is 0 Å². The van der Waals surface area contributed by atoms with Gasteiger partial charge in [-0.2, -0.15) is 0 Å². The highest BCUT2D eigenvalue weighted by atomic mass is 32.2. The summed E-state index contributed by atoms with van der Waals surface area (Å²) in [6.07, 6.45) is 1.63. The van der Waals surface area contributed by atoms with E-state index >= 15 is 0 Å². The lowest BCUT2D eigenvalue weighted by molar-refractivity contribution is -0.114. The summed E-state index contributed by atoms with van der Waals surface area (Å²) in [4.78, 5) is 25.0. The second-order valence-electron chi connectivity index (χ2n) is 5.09. The molecule has 3 rings (SSSR count). The number of aliphatic hydroxyl groups excluding tert-OH is 1. The third kappa shape index (κ3) is 3.12. The number of carbonyl (C=O) groups excluding carboxylic acids is 2. The Morgan fingerprint density at radius 2 is 1.71 bits per heavy atom. The molecule has 0 spiro atoms. The monoisotopic (exact) mass is 338 g/mol. The van der Waals surface area contributed by atoms with Crippen molar-refractivity contribution in [1.82, 2.24) is 0 Å². The molecule has 0 amide bonds. The van der Waals surface area contributed by atoms with E-state index < -0.39 is 10.9 Å². The third-order valence-electron chi connectivity index (χ3n) is 3.56. The number of benzene rings is 2. The van der Waals surface area contributed by atoms with Gasteiger partial charge < -0.3 is 9.84 Å². The maximum atomic E-state index is 12.5. The predicted molar refractivity (Wildman–Crippen MR) is 94.6 cm³/mol. The van der Waals surface area contributed by atoms with Gasteiger partial charge in [0.1, 0.15) is 17.1 Å². The van der Waals surface area contributed by atoms with Gasteiger partial charge in [-0.15, -0.1) is 0 Å². The summed E-state index contributed by atoms with van der Waals surface area (Å²) in [5.74, 6) is -0.0284. The summed E-state index contributed by atoms with van der Waals surface area (Å²) in [6.45, 7) is 0. The van der Waals surface area contributed by atoms with Crippen LogP contribution in [0.1, 0.15) is 11.1 Å². The van der Waals surface area contributed by atoms with E-state index in [1.807, 2.05) is 0 Å². The molecule has 4 nitrogen and oxygen atoms in total. The van der Waals surface area contributed by atoms with Crippen LogP contribution in [0.25, 0.3) is 11.8 Å². The van der Waals surface area contributed by atoms with Crippen LogP contribution >= 0.6 is 11.8 Å². The Labute approximate surface area is 143 Å². The SMILES string of the molecule is COc1ccc(/C=C2\SC(=O)/C(=C(/O)c3ccccc3)C2=O)cc1. The molecule has 1 N–H and O–H groups in total. The van der Waals surface area contributed by atoms with E-state index in [1.165, 1.54) is 0 Å². The number of carbonyl (C=O) groups is 2. The van der Waals surface area contributed by atoms with Gasteiger partial charge in [0, 0.05) is 5.56 Å². The van der Waals surface area contributed by atoms with Gasteiger partial charge in [0.15, 0.2) is 0 Å². The summed E-state index contributed by atoms with van der Waals surface area (Å²) >= 11 is 0.833. The molecule has 2 aromatic carbocycles. The lowest BCUT2D eigenvalue weighted by atomic mass is 10.0. The zero-order valence-electron chi connectivity index (χ0n) is 12.9. The highest BCUT2D eigenvalue weighted by Gasteiger charge is 2.35. The Morgan fingerprint density at radius 3 is 2.33 bits per heavy atom. The molecular formula is C19H14O4S. The number of allylic oxidation sites excluding steroid dienone is 1. The average Bonchev–Trinajstić information content (AvgIpc) is 2.89. The van der Waals surface area contributed by atoms with Crippen molar-refractivity contribution in [1.29, 1.82) is 0 Å². The Balaban J connectivity index is 1.95. The van der Waals surface area contributed by atoms with Crippen LogP contribution < -0.4 is 4.74 Å². The van der Waals surface area contributed by atoms with Gasteiger partial charge >= 0.3 is 0 Å². The first-order valence-corrected chi connectivity index (χ1v) is 8.03. The van der Waals surface area contributed by atoms with E-state index in [0.29, 0.717) is 16.2 Å². The van der Waals surface area contributed by atoms with Gasteiger partial charge in [-0.1, -0.05) is 42.5 Å². The van der Waals surface area contributed by atoms with Crippen molar-refractivity contribution < 1.29 is 19.4 Å². The Morgan fingerprint density at radius 1 is 1.04 bits per heavy atom. The fourth-order valence-electron chi connectivity index (χ4n) is 2.30. The first-order chi connectivity index (χ1) is 11.6. The molecule has 0 radical (unpaired) electrons. The molecule has 1 saturated heterocycles. The molecule has 0 aromatic heterocycles. The Kier molecular flexibility index (Phi) is 4.53. The van der Waals surface area contributed by atoms with Crippen molar-refractivity contribution in [2.45, 2.75) is 0 Å². The minimum absolute atomic E-state index is 0.175. The van der Waals surface area contributed by atoms with Crippen molar-refractivity contribution >= 4 is 34.5 Å². The molecule has 0 saturated carbocycles. The smallest absolute Gasteiger partial charge is 0.232 e. The summed E-state index contributed by atoms with van der Waals surface area (Å²) < 4.78 is 5.09. The second kappa shape index (κ2) is 6.76. The standard InChI is InChI=1S/C19H14O4S/c1-23-14-9-7-12(8-10-14)11-15-18(21)16(19(22)24-15)17(20)13-5-3-2-4-6-13/h2-11,20H,1H3/b15-11-,17-16+. The topological polar surface area (TPSA) is 63.6 Å². The molecule has 5 heteroatoms. The van der Waals surface area contributed by atoms with E-state index in [9.17, 15) is 14.7 Å². The second-order valence-corrected chi connectivity index (χ2v) is 6.10. The zero-order valence-corrected chi connectivity index (χ0v) is 13.7. The van der Waals surface area contributed by atoms with Gasteiger partial charge in [-0.05, 0) is 35.5 Å². The number of hydrogen-bond donors (Lipinski definition) is 1. The third-order valence-corrected chi connectivity index (χ3v) is 4.47. The normalized spacial score (nSPS) is 18.1. The number of thioether (sulfide) groups is 1. The predicted octanol–water partition coefficient (Wildman–Crippen LogP) is 3.85. The van der Waals surface area contributed by atoms with Crippen LogP contribution in [0.3, 0.4) is 0 Å². The minimum Gasteiger partial charge on any atom is -0.506 e. The quantitative estimate of drug-likeness (QED) is 0.523. The highest BCUT2D eigenvalue weighted by molar-refractivity contribution is 8.19. The van der Waals surface area contributed by atoms with Gasteiger partial charge in [0.25, 0.3) is 0 Å². The zero-order chi connectivity index (χ0) is 17.1. The maximum absolute atomic E-state index is 12.5. The summed E-state index contributed by atoms with van der Waals surface area (Å²) in [7, 11) is 1.58. The molecule has 1 heterocycles. The fourth-order valence-corrected chi connectivity index (χ4v) is 3.19. The van der Waals surface area contributed by atoms with Crippen LogP contribution in [0.5, 0.6) is 5.75 Å².